The van der Waals surface area contributed by atoms with E-state index in [1.807, 2.05) is 0 Å². The maximum absolute atomic E-state index is 11.6. The molecule has 0 aromatic rings. The van der Waals surface area contributed by atoms with Gasteiger partial charge in [-0.2, -0.15) is 0 Å². The maximum atomic E-state index is 11.6. The molecule has 0 spiro atoms. The van der Waals surface area contributed by atoms with Gasteiger partial charge in [0, 0.05) is 6.42 Å². The molecular formula is C11H19NO3. The average Bonchev–Trinajstić information content (AvgIpc) is 2.11. The van der Waals surface area contributed by atoms with Crippen LogP contribution in [-0.2, 0) is 9.59 Å². The monoisotopic (exact) mass is 213 g/mol. The van der Waals surface area contributed by atoms with Crippen LogP contribution in [0.25, 0.3) is 0 Å². The number of carboxylic acids is 1. The van der Waals surface area contributed by atoms with Crippen molar-refractivity contribution in [3.05, 3.63) is 0 Å². The molecule has 1 atom stereocenters. The lowest BCUT2D eigenvalue weighted by Gasteiger charge is -2.28. The highest BCUT2D eigenvalue weighted by molar-refractivity contribution is 5.86. The summed E-state index contributed by atoms with van der Waals surface area (Å²) in [5.74, 6) is -0.627. The Kier molecular flexibility index (Phi) is 3.72. The molecular weight excluding hydrogens is 194 g/mol. The summed E-state index contributed by atoms with van der Waals surface area (Å²) in [6.45, 7) is 3.31. The molecule has 1 aliphatic carbocycles. The molecule has 2 N–H and O–H groups in total. The number of aliphatic carboxylic acids is 1. The van der Waals surface area contributed by atoms with Crippen LogP contribution in [-0.4, -0.2) is 22.5 Å². The lowest BCUT2D eigenvalue weighted by atomic mass is 9.82. The molecule has 0 aromatic carbocycles. The molecule has 1 saturated carbocycles. The van der Waals surface area contributed by atoms with E-state index in [0.717, 1.165) is 12.8 Å². The van der Waals surface area contributed by atoms with Crippen molar-refractivity contribution in [3.63, 3.8) is 0 Å². The lowest BCUT2D eigenvalue weighted by molar-refractivity contribution is -0.147. The molecule has 1 fully saturated rings. The highest BCUT2D eigenvalue weighted by atomic mass is 16.4. The molecule has 15 heavy (non-hydrogen) atoms. The molecule has 0 aromatic heterocycles. The van der Waals surface area contributed by atoms with Gasteiger partial charge in [-0.25, -0.2) is 4.79 Å². The summed E-state index contributed by atoms with van der Waals surface area (Å²) < 4.78 is 0. The number of hydrogen-bond acceptors (Lipinski definition) is 2. The zero-order chi connectivity index (χ0) is 11.5. The Bertz CT molecular complexity index is 261. The minimum atomic E-state index is -1.11. The van der Waals surface area contributed by atoms with Crippen molar-refractivity contribution in [1.82, 2.24) is 5.32 Å². The fourth-order valence-corrected chi connectivity index (χ4v) is 1.61. The topological polar surface area (TPSA) is 66.4 Å². The first-order valence-corrected chi connectivity index (χ1v) is 5.52. The van der Waals surface area contributed by atoms with Crippen molar-refractivity contribution in [2.45, 2.75) is 51.5 Å². The van der Waals surface area contributed by atoms with Crippen molar-refractivity contribution in [2.75, 3.05) is 0 Å². The van der Waals surface area contributed by atoms with Crippen molar-refractivity contribution in [3.8, 4) is 0 Å². The third kappa shape index (κ3) is 2.94. The Morgan fingerprint density at radius 1 is 1.47 bits per heavy atom. The van der Waals surface area contributed by atoms with Crippen LogP contribution in [0.4, 0.5) is 0 Å². The minimum Gasteiger partial charge on any atom is -0.480 e. The van der Waals surface area contributed by atoms with Crippen molar-refractivity contribution in [2.24, 2.45) is 5.92 Å². The molecule has 4 nitrogen and oxygen atoms in total. The summed E-state index contributed by atoms with van der Waals surface area (Å²) in [6.07, 6.45) is 4.27. The smallest absolute Gasteiger partial charge is 0.329 e. The molecule has 1 unspecified atom stereocenters. The molecule has 0 radical (unpaired) electrons. The second-order valence-electron chi connectivity index (χ2n) is 4.54. The summed E-state index contributed by atoms with van der Waals surface area (Å²) in [6, 6.07) is 0. The second-order valence-corrected chi connectivity index (χ2v) is 4.54. The van der Waals surface area contributed by atoms with E-state index in [2.05, 4.69) is 5.32 Å². The van der Waals surface area contributed by atoms with Crippen molar-refractivity contribution in [1.29, 1.82) is 0 Å². The van der Waals surface area contributed by atoms with Gasteiger partial charge in [-0.15, -0.1) is 0 Å². The number of carbonyl (C=O) groups excluding carboxylic acids is 1. The second kappa shape index (κ2) is 4.64. The number of hydrogen-bond donors (Lipinski definition) is 2. The molecule has 86 valence electrons. The molecule has 1 amide bonds. The van der Waals surface area contributed by atoms with Crippen molar-refractivity contribution < 1.29 is 14.7 Å². The molecule has 1 aliphatic rings. The normalized spacial score (nSPS) is 20.1. The third-order valence-electron chi connectivity index (χ3n) is 3.29. The zero-order valence-electron chi connectivity index (χ0n) is 9.38. The fraction of sp³-hybridized carbons (Fsp3) is 0.818. The van der Waals surface area contributed by atoms with E-state index in [1.165, 1.54) is 6.42 Å². The number of carboxylic acid groups (broad SMARTS) is 1. The first-order chi connectivity index (χ1) is 6.98. The molecule has 0 heterocycles. The Morgan fingerprint density at radius 3 is 2.40 bits per heavy atom. The van der Waals surface area contributed by atoms with Crippen LogP contribution in [0.5, 0.6) is 0 Å². The van der Waals surface area contributed by atoms with Gasteiger partial charge in [-0.3, -0.25) is 4.79 Å². The Hall–Kier alpha value is -1.06. The van der Waals surface area contributed by atoms with Gasteiger partial charge in [-0.05, 0) is 32.1 Å². The SMILES string of the molecule is CCC(C)(NC(=O)CC1CCC1)C(=O)O. The third-order valence-corrected chi connectivity index (χ3v) is 3.29. The molecule has 1 rings (SSSR count). The van der Waals surface area contributed by atoms with Gasteiger partial charge in [0.05, 0.1) is 0 Å². The molecule has 0 saturated heterocycles. The minimum absolute atomic E-state index is 0.133. The predicted molar refractivity (Wildman–Crippen MR) is 56.4 cm³/mol. The number of rotatable bonds is 5. The van der Waals surface area contributed by atoms with Gasteiger partial charge in [0.1, 0.15) is 5.54 Å². The predicted octanol–water partition coefficient (Wildman–Crippen LogP) is 1.55. The Labute approximate surface area is 90.0 Å². The lowest BCUT2D eigenvalue weighted by Crippen LogP contribution is -2.52. The van der Waals surface area contributed by atoms with Crippen LogP contribution >= 0.6 is 0 Å². The van der Waals surface area contributed by atoms with Crippen LogP contribution < -0.4 is 5.32 Å². The van der Waals surface area contributed by atoms with Crippen LogP contribution in [0, 0.1) is 5.92 Å². The largest absolute Gasteiger partial charge is 0.480 e. The van der Waals surface area contributed by atoms with Crippen molar-refractivity contribution >= 4 is 11.9 Å². The summed E-state index contributed by atoms with van der Waals surface area (Å²) in [4.78, 5) is 22.5. The van der Waals surface area contributed by atoms with E-state index in [1.54, 1.807) is 13.8 Å². The van der Waals surface area contributed by atoms with Gasteiger partial charge >= 0.3 is 5.97 Å². The van der Waals surface area contributed by atoms with E-state index >= 15 is 0 Å². The van der Waals surface area contributed by atoms with Crippen LogP contribution in [0.1, 0.15) is 46.0 Å². The molecule has 4 heteroatoms. The highest BCUT2D eigenvalue weighted by Crippen LogP contribution is 2.29. The first kappa shape index (κ1) is 12.0. The van der Waals surface area contributed by atoms with Gasteiger partial charge < -0.3 is 10.4 Å². The standard InChI is InChI=1S/C11H19NO3/c1-3-11(2,10(14)15)12-9(13)7-8-5-4-6-8/h8H,3-7H2,1-2H3,(H,12,13)(H,14,15). The molecule has 0 aliphatic heterocycles. The average molecular weight is 213 g/mol. The Balaban J connectivity index is 2.43. The van der Waals surface area contributed by atoms with E-state index in [-0.39, 0.29) is 5.91 Å². The van der Waals surface area contributed by atoms with E-state index in [0.29, 0.717) is 18.8 Å². The van der Waals surface area contributed by atoms with Gasteiger partial charge in [0.2, 0.25) is 5.91 Å². The van der Waals surface area contributed by atoms with E-state index in [9.17, 15) is 9.59 Å². The van der Waals surface area contributed by atoms with E-state index in [4.69, 9.17) is 5.11 Å². The summed E-state index contributed by atoms with van der Waals surface area (Å²) >= 11 is 0. The maximum Gasteiger partial charge on any atom is 0.329 e. The molecule has 0 bridgehead atoms. The number of amides is 1. The fourth-order valence-electron chi connectivity index (χ4n) is 1.61. The Morgan fingerprint density at radius 2 is 2.07 bits per heavy atom. The van der Waals surface area contributed by atoms with Crippen LogP contribution in [0.15, 0.2) is 0 Å². The quantitative estimate of drug-likeness (QED) is 0.728. The summed E-state index contributed by atoms with van der Waals surface area (Å²) in [7, 11) is 0. The van der Waals surface area contributed by atoms with Gasteiger partial charge in [-0.1, -0.05) is 13.3 Å². The summed E-state index contributed by atoms with van der Waals surface area (Å²) in [5, 5.41) is 11.6. The van der Waals surface area contributed by atoms with Crippen LogP contribution in [0.2, 0.25) is 0 Å². The zero-order valence-corrected chi connectivity index (χ0v) is 9.38. The number of nitrogens with one attached hydrogen (secondary N) is 1. The van der Waals surface area contributed by atoms with E-state index < -0.39 is 11.5 Å². The van der Waals surface area contributed by atoms with Gasteiger partial charge in [0.15, 0.2) is 0 Å². The highest BCUT2D eigenvalue weighted by Gasteiger charge is 2.33. The summed E-state index contributed by atoms with van der Waals surface area (Å²) in [5.41, 5.74) is -1.11. The number of carbonyl (C=O) groups is 2. The first-order valence-electron chi connectivity index (χ1n) is 5.52. The van der Waals surface area contributed by atoms with Gasteiger partial charge in [0.25, 0.3) is 0 Å². The van der Waals surface area contributed by atoms with Crippen LogP contribution in [0.3, 0.4) is 0 Å².